The highest BCUT2D eigenvalue weighted by Gasteiger charge is 2.26. The van der Waals surface area contributed by atoms with Crippen molar-refractivity contribution in [2.45, 2.75) is 25.5 Å². The number of nitriles is 1. The number of rotatable bonds is 5. The molecular weight excluding hydrogens is 228 g/mol. The van der Waals surface area contributed by atoms with E-state index in [0.29, 0.717) is 18.0 Å². The third kappa shape index (κ3) is 3.00. The Hall–Kier alpha value is -1.57. The molecule has 0 atom stereocenters. The summed E-state index contributed by atoms with van der Waals surface area (Å²) in [6.45, 7) is 1.59. The summed E-state index contributed by atoms with van der Waals surface area (Å²) in [5.74, 6) is 1.38. The minimum absolute atomic E-state index is 0.103. The second-order valence-corrected chi connectivity index (χ2v) is 4.76. The number of benzene rings is 1. The van der Waals surface area contributed by atoms with Gasteiger partial charge in [0.25, 0.3) is 0 Å². The minimum atomic E-state index is -0.103. The summed E-state index contributed by atoms with van der Waals surface area (Å²) in [7, 11) is 1.63. The van der Waals surface area contributed by atoms with Gasteiger partial charge in [0.15, 0.2) is 0 Å². The van der Waals surface area contributed by atoms with Crippen molar-refractivity contribution in [2.75, 3.05) is 13.7 Å². The molecule has 0 radical (unpaired) electrons. The monoisotopic (exact) mass is 246 g/mol. The topological polar surface area (TPSA) is 65.3 Å². The van der Waals surface area contributed by atoms with Crippen molar-refractivity contribution in [1.82, 2.24) is 5.32 Å². The maximum Gasteiger partial charge on any atom is 0.123 e. The van der Waals surface area contributed by atoms with Crippen LogP contribution < -0.4 is 10.1 Å². The molecular formula is C14H18N2O2. The number of aliphatic hydroxyl groups excluding tert-OH is 1. The molecule has 0 saturated heterocycles. The average Bonchev–Trinajstić information content (AvgIpc) is 2.36. The first-order valence-corrected chi connectivity index (χ1v) is 6.18. The molecule has 1 fully saturated rings. The Morgan fingerprint density at radius 1 is 1.50 bits per heavy atom. The van der Waals surface area contributed by atoms with E-state index < -0.39 is 0 Å². The number of hydrogen-bond donors (Lipinski definition) is 2. The van der Waals surface area contributed by atoms with Crippen LogP contribution in [0.25, 0.3) is 0 Å². The van der Waals surface area contributed by atoms with E-state index in [1.54, 1.807) is 13.2 Å². The molecule has 4 heteroatoms. The highest BCUT2D eigenvalue weighted by atomic mass is 16.5. The Kier molecular flexibility index (Phi) is 4.19. The maximum absolute atomic E-state index is 9.20. The first-order chi connectivity index (χ1) is 8.72. The van der Waals surface area contributed by atoms with E-state index >= 15 is 0 Å². The SMILES string of the molecule is COc1ccc(C#N)cc1CNCC1CC(O)C1. The van der Waals surface area contributed by atoms with Crippen molar-refractivity contribution >= 4 is 0 Å². The summed E-state index contributed by atoms with van der Waals surface area (Å²) in [6, 6.07) is 7.55. The fraction of sp³-hybridized carbons (Fsp3) is 0.500. The van der Waals surface area contributed by atoms with Gasteiger partial charge in [-0.3, -0.25) is 0 Å². The van der Waals surface area contributed by atoms with Crippen molar-refractivity contribution in [3.63, 3.8) is 0 Å². The van der Waals surface area contributed by atoms with Crippen LogP contribution in [-0.4, -0.2) is 24.9 Å². The molecule has 0 heterocycles. The third-order valence-electron chi connectivity index (χ3n) is 3.37. The zero-order chi connectivity index (χ0) is 13.0. The lowest BCUT2D eigenvalue weighted by Crippen LogP contribution is -2.35. The lowest BCUT2D eigenvalue weighted by atomic mass is 9.82. The normalized spacial score (nSPS) is 22.1. The quantitative estimate of drug-likeness (QED) is 0.825. The minimum Gasteiger partial charge on any atom is -0.496 e. The molecule has 1 aromatic rings. The Morgan fingerprint density at radius 2 is 2.28 bits per heavy atom. The lowest BCUT2D eigenvalue weighted by molar-refractivity contribution is 0.0429. The highest BCUT2D eigenvalue weighted by Crippen LogP contribution is 2.26. The van der Waals surface area contributed by atoms with E-state index in [1.165, 1.54) is 0 Å². The van der Waals surface area contributed by atoms with Crippen LogP contribution in [0, 0.1) is 17.2 Å². The van der Waals surface area contributed by atoms with Crippen LogP contribution in [0.15, 0.2) is 18.2 Å². The van der Waals surface area contributed by atoms with E-state index in [1.807, 2.05) is 12.1 Å². The van der Waals surface area contributed by atoms with Crippen LogP contribution in [-0.2, 0) is 6.54 Å². The molecule has 2 N–H and O–H groups in total. The van der Waals surface area contributed by atoms with Crippen LogP contribution in [0.5, 0.6) is 5.75 Å². The standard InChI is InChI=1S/C14H18N2O2/c1-18-14-3-2-10(7-15)4-12(14)9-16-8-11-5-13(17)6-11/h2-4,11,13,16-17H,5-6,8-9H2,1H3. The zero-order valence-corrected chi connectivity index (χ0v) is 10.5. The lowest BCUT2D eigenvalue weighted by Gasteiger charge is -2.31. The van der Waals surface area contributed by atoms with Gasteiger partial charge in [-0.15, -0.1) is 0 Å². The molecule has 96 valence electrons. The van der Waals surface area contributed by atoms with Gasteiger partial charge in [-0.2, -0.15) is 5.26 Å². The van der Waals surface area contributed by atoms with Crippen LogP contribution >= 0.6 is 0 Å². The van der Waals surface area contributed by atoms with Crippen molar-refractivity contribution in [3.8, 4) is 11.8 Å². The van der Waals surface area contributed by atoms with Gasteiger partial charge in [-0.25, -0.2) is 0 Å². The molecule has 0 unspecified atom stereocenters. The molecule has 4 nitrogen and oxygen atoms in total. The molecule has 0 amide bonds. The fourth-order valence-corrected chi connectivity index (χ4v) is 2.26. The summed E-state index contributed by atoms with van der Waals surface area (Å²) in [6.07, 6.45) is 1.68. The zero-order valence-electron chi connectivity index (χ0n) is 10.5. The van der Waals surface area contributed by atoms with E-state index in [0.717, 1.165) is 30.7 Å². The molecule has 18 heavy (non-hydrogen) atoms. The van der Waals surface area contributed by atoms with Gasteiger partial charge < -0.3 is 15.2 Å². The van der Waals surface area contributed by atoms with E-state index in [2.05, 4.69) is 11.4 Å². The molecule has 1 aliphatic carbocycles. The average molecular weight is 246 g/mol. The first kappa shape index (κ1) is 12.9. The number of nitrogens with one attached hydrogen (secondary N) is 1. The van der Waals surface area contributed by atoms with Crippen molar-refractivity contribution < 1.29 is 9.84 Å². The number of hydrogen-bond acceptors (Lipinski definition) is 4. The van der Waals surface area contributed by atoms with Crippen molar-refractivity contribution in [1.29, 1.82) is 5.26 Å². The van der Waals surface area contributed by atoms with Gasteiger partial charge in [0.2, 0.25) is 0 Å². The maximum atomic E-state index is 9.20. The molecule has 0 bridgehead atoms. The number of ether oxygens (including phenoxy) is 1. The van der Waals surface area contributed by atoms with Crippen LogP contribution in [0.4, 0.5) is 0 Å². The largest absolute Gasteiger partial charge is 0.496 e. The molecule has 0 aromatic heterocycles. The Labute approximate surface area is 107 Å². The van der Waals surface area contributed by atoms with Gasteiger partial charge in [0.1, 0.15) is 5.75 Å². The van der Waals surface area contributed by atoms with Crippen LogP contribution in [0.2, 0.25) is 0 Å². The van der Waals surface area contributed by atoms with Crippen molar-refractivity contribution in [3.05, 3.63) is 29.3 Å². The van der Waals surface area contributed by atoms with Gasteiger partial charge in [-0.05, 0) is 43.5 Å². The summed E-state index contributed by atoms with van der Waals surface area (Å²) in [4.78, 5) is 0. The van der Waals surface area contributed by atoms with Crippen LogP contribution in [0.3, 0.4) is 0 Å². The van der Waals surface area contributed by atoms with E-state index in [4.69, 9.17) is 10.00 Å². The van der Waals surface area contributed by atoms with Gasteiger partial charge >= 0.3 is 0 Å². The van der Waals surface area contributed by atoms with Crippen LogP contribution in [0.1, 0.15) is 24.0 Å². The Balaban J connectivity index is 1.89. The number of aliphatic hydroxyl groups is 1. The molecule has 1 aliphatic rings. The molecule has 0 aliphatic heterocycles. The number of nitrogens with zero attached hydrogens (tertiary/aromatic N) is 1. The predicted octanol–water partition coefficient (Wildman–Crippen LogP) is 1.43. The molecule has 1 saturated carbocycles. The predicted molar refractivity (Wildman–Crippen MR) is 68.1 cm³/mol. The summed E-state index contributed by atoms with van der Waals surface area (Å²) in [5, 5.41) is 21.4. The fourth-order valence-electron chi connectivity index (χ4n) is 2.26. The second kappa shape index (κ2) is 5.85. The Bertz CT molecular complexity index is 448. The van der Waals surface area contributed by atoms with Gasteiger partial charge in [-0.1, -0.05) is 0 Å². The first-order valence-electron chi connectivity index (χ1n) is 6.18. The Morgan fingerprint density at radius 3 is 2.89 bits per heavy atom. The van der Waals surface area contributed by atoms with Crippen molar-refractivity contribution in [2.24, 2.45) is 5.92 Å². The molecule has 2 rings (SSSR count). The summed E-state index contributed by atoms with van der Waals surface area (Å²) < 4.78 is 5.27. The third-order valence-corrected chi connectivity index (χ3v) is 3.37. The summed E-state index contributed by atoms with van der Waals surface area (Å²) >= 11 is 0. The highest BCUT2D eigenvalue weighted by molar-refractivity contribution is 5.41. The van der Waals surface area contributed by atoms with E-state index in [-0.39, 0.29) is 6.10 Å². The number of methoxy groups -OCH3 is 1. The molecule has 0 spiro atoms. The molecule has 1 aromatic carbocycles. The van der Waals surface area contributed by atoms with Gasteiger partial charge in [0, 0.05) is 12.1 Å². The second-order valence-electron chi connectivity index (χ2n) is 4.76. The summed E-state index contributed by atoms with van der Waals surface area (Å²) in [5.41, 5.74) is 1.64. The smallest absolute Gasteiger partial charge is 0.123 e. The van der Waals surface area contributed by atoms with Gasteiger partial charge in [0.05, 0.1) is 24.8 Å². The van der Waals surface area contributed by atoms with E-state index in [9.17, 15) is 5.11 Å².